The Hall–Kier alpha value is -7.29. The summed E-state index contributed by atoms with van der Waals surface area (Å²) in [5.74, 6) is 0. The second-order valence-corrected chi connectivity index (χ2v) is 14.6. The Labute approximate surface area is 318 Å². The van der Waals surface area contributed by atoms with Crippen LogP contribution >= 0.6 is 0 Å². The summed E-state index contributed by atoms with van der Waals surface area (Å²) in [6, 6.07) is 69.0. The van der Waals surface area contributed by atoms with Crippen LogP contribution in [-0.2, 0) is 0 Å². The lowest BCUT2D eigenvalue weighted by Gasteiger charge is -2.20. The average molecular weight is 697 g/mol. The summed E-state index contributed by atoms with van der Waals surface area (Å²) in [6.45, 7) is 0. The van der Waals surface area contributed by atoms with Crippen LogP contribution in [0.3, 0.4) is 0 Å². The van der Waals surface area contributed by atoms with Gasteiger partial charge in [-0.25, -0.2) is 0 Å². The highest BCUT2D eigenvalue weighted by atomic mass is 15.0. The second-order valence-electron chi connectivity index (χ2n) is 14.6. The van der Waals surface area contributed by atoms with Crippen molar-refractivity contribution in [3.05, 3.63) is 194 Å². The van der Waals surface area contributed by atoms with E-state index in [0.29, 0.717) is 0 Å². The average Bonchev–Trinajstić information content (AvgIpc) is 3.76. The Balaban J connectivity index is 1.08. The molecule has 0 amide bonds. The normalized spacial score (nSPS) is 12.0. The predicted molar refractivity (Wildman–Crippen MR) is 232 cm³/mol. The van der Waals surface area contributed by atoms with Crippen molar-refractivity contribution in [2.75, 3.05) is 0 Å². The van der Waals surface area contributed by atoms with E-state index in [0.717, 1.165) is 16.6 Å². The van der Waals surface area contributed by atoms with Crippen LogP contribution in [0.1, 0.15) is 0 Å². The molecule has 11 aromatic rings. The van der Waals surface area contributed by atoms with Crippen molar-refractivity contribution in [3.8, 4) is 61.3 Å². The Morgan fingerprint density at radius 2 is 0.945 bits per heavy atom. The molecule has 12 rings (SSSR count). The highest BCUT2D eigenvalue weighted by Crippen LogP contribution is 2.58. The smallest absolute Gasteiger partial charge is 0.0723 e. The minimum absolute atomic E-state index is 1.00. The van der Waals surface area contributed by atoms with Gasteiger partial charge in [0.1, 0.15) is 0 Å². The van der Waals surface area contributed by atoms with Gasteiger partial charge >= 0.3 is 0 Å². The summed E-state index contributed by atoms with van der Waals surface area (Å²) in [7, 11) is 0. The van der Waals surface area contributed by atoms with Gasteiger partial charge in [0.15, 0.2) is 0 Å². The lowest BCUT2D eigenvalue weighted by molar-refractivity contribution is 1.18. The third-order valence-corrected chi connectivity index (χ3v) is 11.8. The zero-order valence-electron chi connectivity index (χ0n) is 29.9. The van der Waals surface area contributed by atoms with Crippen LogP contribution in [0.15, 0.2) is 194 Å². The minimum Gasteiger partial charge on any atom is -0.309 e. The van der Waals surface area contributed by atoms with E-state index in [9.17, 15) is 0 Å². The number of hydrogen-bond donors (Lipinski definition) is 0. The number of nitrogens with zero attached hydrogens (tertiary/aromatic N) is 2. The maximum atomic E-state index is 4.70. The first-order valence-corrected chi connectivity index (χ1v) is 19.0. The molecule has 0 spiro atoms. The highest BCUT2D eigenvalue weighted by Gasteiger charge is 2.31. The monoisotopic (exact) mass is 696 g/mol. The van der Waals surface area contributed by atoms with Crippen LogP contribution < -0.4 is 0 Å². The number of benzene rings is 9. The van der Waals surface area contributed by atoms with E-state index < -0.39 is 0 Å². The Morgan fingerprint density at radius 3 is 1.65 bits per heavy atom. The third kappa shape index (κ3) is 4.34. The molecule has 2 aromatic heterocycles. The van der Waals surface area contributed by atoms with Gasteiger partial charge in [-0.05, 0) is 114 Å². The van der Waals surface area contributed by atoms with Gasteiger partial charge in [0.2, 0.25) is 0 Å². The molecule has 0 saturated carbocycles. The minimum atomic E-state index is 1.00. The predicted octanol–water partition coefficient (Wildman–Crippen LogP) is 14.3. The summed E-state index contributed by atoms with van der Waals surface area (Å²) >= 11 is 0. The van der Waals surface area contributed by atoms with E-state index in [1.54, 1.807) is 0 Å². The van der Waals surface area contributed by atoms with Gasteiger partial charge in [-0.1, -0.05) is 152 Å². The molecule has 2 nitrogen and oxygen atoms in total. The van der Waals surface area contributed by atoms with E-state index in [1.807, 2.05) is 12.3 Å². The molecule has 0 aliphatic heterocycles. The molecular weight excluding hydrogens is 665 g/mol. The largest absolute Gasteiger partial charge is 0.309 e. The van der Waals surface area contributed by atoms with E-state index in [1.165, 1.54) is 99.0 Å². The van der Waals surface area contributed by atoms with Gasteiger partial charge in [0, 0.05) is 28.0 Å². The molecule has 0 fully saturated rings. The fourth-order valence-corrected chi connectivity index (χ4v) is 9.47. The summed E-state index contributed by atoms with van der Waals surface area (Å²) < 4.78 is 2.38. The molecule has 0 unspecified atom stereocenters. The molecule has 9 aromatic carbocycles. The van der Waals surface area contributed by atoms with Crippen molar-refractivity contribution >= 4 is 54.3 Å². The number of aromatic nitrogens is 2. The van der Waals surface area contributed by atoms with Crippen molar-refractivity contribution in [1.82, 2.24) is 9.55 Å². The fraction of sp³-hybridized carbons (Fsp3) is 0. The van der Waals surface area contributed by atoms with Crippen LogP contribution in [-0.4, -0.2) is 9.55 Å². The second kappa shape index (κ2) is 11.6. The first kappa shape index (κ1) is 30.2. The zero-order valence-corrected chi connectivity index (χ0v) is 29.9. The molecule has 0 bridgehead atoms. The zero-order chi connectivity index (χ0) is 36.0. The van der Waals surface area contributed by atoms with Crippen LogP contribution in [0.4, 0.5) is 0 Å². The van der Waals surface area contributed by atoms with Gasteiger partial charge in [-0.2, -0.15) is 0 Å². The van der Waals surface area contributed by atoms with E-state index >= 15 is 0 Å². The molecule has 2 heterocycles. The van der Waals surface area contributed by atoms with Crippen LogP contribution in [0.5, 0.6) is 0 Å². The Morgan fingerprint density at radius 1 is 0.345 bits per heavy atom. The standard InChI is InChI=1S/C53H32N2/c1-3-13-34(14-4-1)49-41-19-7-8-20-42(41)50(35-15-5-2-6-16-35)53-44-29-28-38(40-21-11-22-43(51(40)44)52(49)53)33-24-26-37(27-25-33)55-47-23-10-9-18-39(47)45-31-36-17-12-30-54-46(36)32-48(45)55/h1-32H. The van der Waals surface area contributed by atoms with Crippen molar-refractivity contribution in [2.24, 2.45) is 0 Å². The van der Waals surface area contributed by atoms with E-state index in [2.05, 4.69) is 187 Å². The first-order valence-electron chi connectivity index (χ1n) is 19.0. The van der Waals surface area contributed by atoms with Crippen molar-refractivity contribution < 1.29 is 0 Å². The van der Waals surface area contributed by atoms with Gasteiger partial charge in [0.05, 0.1) is 16.6 Å². The molecule has 0 saturated heterocycles. The van der Waals surface area contributed by atoms with E-state index in [4.69, 9.17) is 4.98 Å². The van der Waals surface area contributed by atoms with Crippen LogP contribution in [0.2, 0.25) is 0 Å². The fourth-order valence-electron chi connectivity index (χ4n) is 9.47. The topological polar surface area (TPSA) is 17.8 Å². The molecule has 1 aliphatic rings. The van der Waals surface area contributed by atoms with Gasteiger partial charge in [-0.15, -0.1) is 0 Å². The number of fused-ring (bicyclic) bond motifs is 8. The van der Waals surface area contributed by atoms with Crippen molar-refractivity contribution in [1.29, 1.82) is 0 Å². The lowest BCUT2D eigenvalue weighted by atomic mass is 9.82. The van der Waals surface area contributed by atoms with Crippen LogP contribution in [0.25, 0.3) is 116 Å². The molecule has 254 valence electrons. The Bertz CT molecular complexity index is 3250. The molecule has 0 N–H and O–H groups in total. The van der Waals surface area contributed by atoms with Crippen LogP contribution in [0, 0.1) is 0 Å². The summed E-state index contributed by atoms with van der Waals surface area (Å²) in [6.07, 6.45) is 1.87. The van der Waals surface area contributed by atoms with Crippen molar-refractivity contribution in [2.45, 2.75) is 0 Å². The molecule has 0 radical (unpaired) electrons. The first-order chi connectivity index (χ1) is 27.3. The van der Waals surface area contributed by atoms with Gasteiger partial charge in [0.25, 0.3) is 0 Å². The molecule has 55 heavy (non-hydrogen) atoms. The molecule has 2 heteroatoms. The summed E-state index contributed by atoms with van der Waals surface area (Å²) in [5.41, 5.74) is 17.3. The lowest BCUT2D eigenvalue weighted by Crippen LogP contribution is -1.94. The molecule has 1 aliphatic carbocycles. The number of rotatable bonds is 4. The summed E-state index contributed by atoms with van der Waals surface area (Å²) in [5, 5.41) is 8.80. The molecule has 0 atom stereocenters. The van der Waals surface area contributed by atoms with Crippen molar-refractivity contribution in [3.63, 3.8) is 0 Å². The number of pyridine rings is 1. The Kier molecular flexibility index (Phi) is 6.37. The van der Waals surface area contributed by atoms with Gasteiger partial charge in [-0.3, -0.25) is 4.98 Å². The quantitative estimate of drug-likeness (QED) is 0.179. The maximum absolute atomic E-state index is 4.70. The summed E-state index contributed by atoms with van der Waals surface area (Å²) in [4.78, 5) is 4.70. The maximum Gasteiger partial charge on any atom is 0.0723 e. The third-order valence-electron chi connectivity index (χ3n) is 11.8. The number of para-hydroxylation sites is 1. The van der Waals surface area contributed by atoms with E-state index in [-0.39, 0.29) is 0 Å². The SMILES string of the molecule is c1ccc(-c2c3c(c(-c4ccccc4)c4ccccc24)-c2ccc(-c4ccc(-n5c6ccccc6c6cc7cccnc7cc65)cc4)c4cccc-3c24)cc1. The highest BCUT2D eigenvalue weighted by molar-refractivity contribution is 6.28. The number of hydrogen-bond acceptors (Lipinski definition) is 1. The van der Waals surface area contributed by atoms with Gasteiger partial charge < -0.3 is 4.57 Å². The molecular formula is C53H32N2.